The van der Waals surface area contributed by atoms with Crippen LogP contribution in [-0.2, 0) is 6.61 Å². The molecule has 7 nitrogen and oxygen atoms in total. The number of nitrogens with two attached hydrogens (primary N) is 1. The van der Waals surface area contributed by atoms with Crippen LogP contribution in [0.3, 0.4) is 0 Å². The summed E-state index contributed by atoms with van der Waals surface area (Å²) in [5.74, 6) is 0.574. The number of allylic oxidation sites excluding steroid dienone is 1. The molecule has 5 rings (SSSR count). The molecule has 0 radical (unpaired) electrons. The molecule has 1 heterocycles. The number of esters is 1. The second-order valence-electron chi connectivity index (χ2n) is 9.55. The molecule has 0 bridgehead atoms. The van der Waals surface area contributed by atoms with Crippen molar-refractivity contribution in [1.29, 1.82) is 5.26 Å². The second-order valence-corrected chi connectivity index (χ2v) is 10.4. The van der Waals surface area contributed by atoms with Crippen LogP contribution in [0.2, 0.25) is 10.0 Å². The van der Waals surface area contributed by atoms with E-state index in [1.807, 2.05) is 32.0 Å². The summed E-state index contributed by atoms with van der Waals surface area (Å²) in [4.78, 5) is 12.7. The molecule has 0 fully saturated rings. The second kappa shape index (κ2) is 12.5. The minimum absolute atomic E-state index is 0.0344. The topological polar surface area (TPSA) is 104 Å². The highest BCUT2D eigenvalue weighted by Crippen LogP contribution is 2.45. The van der Waals surface area contributed by atoms with Crippen molar-refractivity contribution < 1.29 is 23.7 Å². The molecule has 1 unspecified atom stereocenters. The van der Waals surface area contributed by atoms with E-state index in [1.165, 1.54) is 0 Å². The van der Waals surface area contributed by atoms with E-state index in [4.69, 9.17) is 47.9 Å². The molecule has 1 aliphatic rings. The lowest BCUT2D eigenvalue weighted by Crippen LogP contribution is -2.21. The quantitative estimate of drug-likeness (QED) is 0.163. The monoisotopic (exact) mass is 600 g/mol. The maximum absolute atomic E-state index is 12.7. The molecule has 0 aromatic heterocycles. The van der Waals surface area contributed by atoms with Gasteiger partial charge in [-0.05, 0) is 61.9 Å². The molecule has 0 saturated carbocycles. The van der Waals surface area contributed by atoms with Gasteiger partial charge in [-0.15, -0.1) is 0 Å². The van der Waals surface area contributed by atoms with Crippen molar-refractivity contribution in [3.63, 3.8) is 0 Å². The van der Waals surface area contributed by atoms with Crippen LogP contribution >= 0.6 is 23.2 Å². The van der Waals surface area contributed by atoms with Gasteiger partial charge in [0.1, 0.15) is 29.7 Å². The molecular formula is C33H26Cl2N2O5. The van der Waals surface area contributed by atoms with Gasteiger partial charge in [0.15, 0.2) is 11.5 Å². The Kier molecular flexibility index (Phi) is 8.58. The fourth-order valence-electron chi connectivity index (χ4n) is 4.67. The van der Waals surface area contributed by atoms with Crippen molar-refractivity contribution in [3.05, 3.63) is 128 Å². The summed E-state index contributed by atoms with van der Waals surface area (Å²) in [7, 11) is 0. The number of nitriles is 1. The average molecular weight is 601 g/mol. The third kappa shape index (κ3) is 6.15. The molecule has 0 amide bonds. The molecule has 4 aromatic rings. The molecule has 9 heteroatoms. The predicted molar refractivity (Wildman–Crippen MR) is 160 cm³/mol. The van der Waals surface area contributed by atoms with Gasteiger partial charge < -0.3 is 24.7 Å². The Balaban J connectivity index is 1.45. The molecule has 0 aliphatic carbocycles. The summed E-state index contributed by atoms with van der Waals surface area (Å²) in [6.45, 7) is 4.37. The third-order valence-corrected chi connectivity index (χ3v) is 7.24. The molecule has 0 spiro atoms. The number of carbonyl (C=O) groups excluding carboxylic acids is 1. The predicted octanol–water partition coefficient (Wildman–Crippen LogP) is 7.72. The molecule has 1 aliphatic heterocycles. The average Bonchev–Trinajstić information content (AvgIpc) is 2.96. The third-order valence-electron chi connectivity index (χ3n) is 6.65. The highest BCUT2D eigenvalue weighted by atomic mass is 35.5. The number of fused-ring (bicyclic) bond motifs is 1. The van der Waals surface area contributed by atoms with Crippen molar-refractivity contribution in [2.75, 3.05) is 6.61 Å². The minimum atomic E-state index is -0.556. The van der Waals surface area contributed by atoms with E-state index < -0.39 is 11.9 Å². The van der Waals surface area contributed by atoms with Crippen LogP contribution in [-0.4, -0.2) is 12.6 Å². The number of halogens is 2. The van der Waals surface area contributed by atoms with Gasteiger partial charge in [-0.25, -0.2) is 4.79 Å². The normalized spacial score (nSPS) is 13.9. The van der Waals surface area contributed by atoms with Crippen LogP contribution in [0.25, 0.3) is 0 Å². The fourth-order valence-corrected chi connectivity index (χ4v) is 5.13. The number of carbonyl (C=O) groups is 1. The van der Waals surface area contributed by atoms with Crippen LogP contribution in [0, 0.1) is 18.3 Å². The maximum atomic E-state index is 12.7. The van der Waals surface area contributed by atoms with Crippen LogP contribution in [0.5, 0.6) is 23.0 Å². The zero-order valence-electron chi connectivity index (χ0n) is 22.8. The van der Waals surface area contributed by atoms with Gasteiger partial charge in [-0.3, -0.25) is 0 Å². The number of hydrogen-bond acceptors (Lipinski definition) is 7. The lowest BCUT2D eigenvalue weighted by molar-refractivity contribution is 0.0734. The van der Waals surface area contributed by atoms with E-state index in [1.54, 1.807) is 60.7 Å². The number of nitrogens with zero attached hydrogens (tertiary/aromatic N) is 1. The van der Waals surface area contributed by atoms with E-state index in [2.05, 4.69) is 6.07 Å². The molecule has 42 heavy (non-hydrogen) atoms. The molecule has 1 atom stereocenters. The number of rotatable bonds is 8. The zero-order chi connectivity index (χ0) is 29.8. The number of hydrogen-bond donors (Lipinski definition) is 1. The van der Waals surface area contributed by atoms with Gasteiger partial charge >= 0.3 is 5.97 Å². The van der Waals surface area contributed by atoms with Crippen LogP contribution in [0.15, 0.2) is 90.3 Å². The van der Waals surface area contributed by atoms with Crippen molar-refractivity contribution in [3.8, 4) is 29.1 Å². The van der Waals surface area contributed by atoms with E-state index in [9.17, 15) is 10.1 Å². The number of ether oxygens (including phenoxy) is 4. The number of benzene rings is 4. The standard InChI is InChI=1S/C33H26Cl2N2O5/c1-3-39-30-14-20(8-12-28(30)40-18-22-7-9-23(34)15-27(22)35)31-25-11-10-24(16-29(25)42-32(37)26(31)17-36)41-33(38)21-6-4-5-19(2)13-21/h4-16,31H,3,18,37H2,1-2H3. The largest absolute Gasteiger partial charge is 0.490 e. The van der Waals surface area contributed by atoms with E-state index in [0.29, 0.717) is 45.0 Å². The molecule has 2 N–H and O–H groups in total. The summed E-state index contributed by atoms with van der Waals surface area (Å²) >= 11 is 12.3. The first kappa shape index (κ1) is 28.9. The molecule has 0 saturated heterocycles. The minimum Gasteiger partial charge on any atom is -0.490 e. The zero-order valence-corrected chi connectivity index (χ0v) is 24.3. The van der Waals surface area contributed by atoms with Crippen LogP contribution in [0.4, 0.5) is 0 Å². The van der Waals surface area contributed by atoms with Gasteiger partial charge in [0.05, 0.1) is 18.1 Å². The van der Waals surface area contributed by atoms with Gasteiger partial charge in [0.25, 0.3) is 0 Å². The summed E-state index contributed by atoms with van der Waals surface area (Å²) in [6, 6.07) is 25.0. The Morgan fingerprint density at radius 2 is 1.83 bits per heavy atom. The first-order chi connectivity index (χ1) is 20.3. The van der Waals surface area contributed by atoms with Crippen molar-refractivity contribution in [2.45, 2.75) is 26.4 Å². The molecule has 212 valence electrons. The Morgan fingerprint density at radius 1 is 1.00 bits per heavy atom. The number of aryl methyl sites for hydroxylation is 1. The highest BCUT2D eigenvalue weighted by molar-refractivity contribution is 6.35. The Morgan fingerprint density at radius 3 is 2.57 bits per heavy atom. The van der Waals surface area contributed by atoms with Gasteiger partial charge in [0, 0.05) is 27.2 Å². The summed E-state index contributed by atoms with van der Waals surface area (Å²) in [5, 5.41) is 11.0. The smallest absolute Gasteiger partial charge is 0.343 e. The lowest BCUT2D eigenvalue weighted by atomic mass is 9.83. The van der Waals surface area contributed by atoms with Crippen molar-refractivity contribution in [1.82, 2.24) is 0 Å². The fraction of sp³-hybridized carbons (Fsp3) is 0.152. The van der Waals surface area contributed by atoms with E-state index >= 15 is 0 Å². The van der Waals surface area contributed by atoms with Gasteiger partial charge in [-0.1, -0.05) is 59.1 Å². The van der Waals surface area contributed by atoms with Crippen molar-refractivity contribution >= 4 is 29.2 Å². The van der Waals surface area contributed by atoms with Gasteiger partial charge in [0.2, 0.25) is 5.88 Å². The van der Waals surface area contributed by atoms with Crippen molar-refractivity contribution in [2.24, 2.45) is 5.73 Å². The van der Waals surface area contributed by atoms with E-state index in [0.717, 1.165) is 16.7 Å². The molecule has 4 aromatic carbocycles. The Labute approximate surface area is 253 Å². The summed E-state index contributed by atoms with van der Waals surface area (Å²) < 4.78 is 23.4. The highest BCUT2D eigenvalue weighted by Gasteiger charge is 2.32. The van der Waals surface area contributed by atoms with Crippen LogP contribution in [0.1, 0.15) is 45.5 Å². The SMILES string of the molecule is CCOc1cc(C2C(C#N)=C(N)Oc3cc(OC(=O)c4cccc(C)c4)ccc32)ccc1OCc1ccc(Cl)cc1Cl. The maximum Gasteiger partial charge on any atom is 0.343 e. The summed E-state index contributed by atoms with van der Waals surface area (Å²) in [6.07, 6.45) is 0. The van der Waals surface area contributed by atoms with E-state index in [-0.39, 0.29) is 23.8 Å². The summed E-state index contributed by atoms with van der Waals surface area (Å²) in [5.41, 5.74) is 10.0. The van der Waals surface area contributed by atoms with Gasteiger partial charge in [-0.2, -0.15) is 5.26 Å². The lowest BCUT2D eigenvalue weighted by Gasteiger charge is -2.27. The first-order valence-corrected chi connectivity index (χ1v) is 13.9. The Hall–Kier alpha value is -4.64. The Bertz CT molecular complexity index is 1750. The van der Waals surface area contributed by atoms with Crippen LogP contribution < -0.4 is 24.7 Å². The molecular weight excluding hydrogens is 575 g/mol. The first-order valence-electron chi connectivity index (χ1n) is 13.1.